The van der Waals surface area contributed by atoms with E-state index in [1.54, 1.807) is 18.3 Å². The first kappa shape index (κ1) is 19.8. The van der Waals surface area contributed by atoms with E-state index in [0.29, 0.717) is 11.4 Å². The summed E-state index contributed by atoms with van der Waals surface area (Å²) in [5.74, 6) is -0.403. The van der Waals surface area contributed by atoms with Gasteiger partial charge in [-0.25, -0.2) is 4.79 Å². The van der Waals surface area contributed by atoms with Crippen molar-refractivity contribution in [1.82, 2.24) is 5.16 Å². The third kappa shape index (κ3) is 4.11. The van der Waals surface area contributed by atoms with Gasteiger partial charge in [0.15, 0.2) is 11.4 Å². The summed E-state index contributed by atoms with van der Waals surface area (Å²) in [6, 6.07) is 20.7. The molecule has 0 radical (unpaired) electrons. The maximum absolute atomic E-state index is 11.0. The molecule has 30 heavy (non-hydrogen) atoms. The van der Waals surface area contributed by atoms with Crippen LogP contribution in [-0.2, 0) is 4.79 Å². The van der Waals surface area contributed by atoms with Gasteiger partial charge in [-0.2, -0.15) is 0 Å². The summed E-state index contributed by atoms with van der Waals surface area (Å²) in [7, 11) is 0. The van der Waals surface area contributed by atoms with Gasteiger partial charge in [-0.1, -0.05) is 47.6 Å². The van der Waals surface area contributed by atoms with E-state index < -0.39 is 12.0 Å². The van der Waals surface area contributed by atoms with Gasteiger partial charge >= 0.3 is 5.97 Å². The zero-order valence-electron chi connectivity index (χ0n) is 16.0. The second-order valence-corrected chi connectivity index (χ2v) is 7.53. The normalized spacial score (nSPS) is 12.3. The Morgan fingerprint density at radius 3 is 2.73 bits per heavy atom. The van der Waals surface area contributed by atoms with Crippen molar-refractivity contribution in [1.29, 1.82) is 0 Å². The number of rotatable bonds is 6. The van der Waals surface area contributed by atoms with Crippen molar-refractivity contribution in [3.8, 4) is 11.1 Å². The second kappa shape index (κ2) is 8.51. The molecule has 7 heteroatoms. The number of fused-ring (bicyclic) bond motifs is 1. The first-order valence-electron chi connectivity index (χ1n) is 9.29. The molecule has 1 heterocycles. The highest BCUT2D eigenvalue weighted by Crippen LogP contribution is 2.36. The first-order valence-corrected chi connectivity index (χ1v) is 10.1. The molecule has 0 spiro atoms. The summed E-state index contributed by atoms with van der Waals surface area (Å²) in [6.45, 7) is 1.53. The number of carboxylic acid groups (broad SMARTS) is 1. The monoisotopic (exact) mass is 463 g/mol. The number of aliphatic carboxylic acids is 1. The molecule has 0 aliphatic rings. The number of nitrogens with one attached hydrogen (secondary N) is 1. The van der Waals surface area contributed by atoms with Gasteiger partial charge in [0.05, 0.1) is 11.1 Å². The molecule has 0 amide bonds. The molecule has 1 unspecified atom stereocenters. The van der Waals surface area contributed by atoms with Gasteiger partial charge in [0.25, 0.3) is 0 Å². The fourth-order valence-electron chi connectivity index (χ4n) is 2.99. The molecule has 2 N–H and O–H groups in total. The van der Waals surface area contributed by atoms with Crippen molar-refractivity contribution in [2.75, 3.05) is 5.32 Å². The molecule has 0 aliphatic heterocycles. The van der Waals surface area contributed by atoms with Crippen LogP contribution in [0.4, 0.5) is 11.5 Å². The molecule has 6 nitrogen and oxygen atoms in total. The third-order valence-corrected chi connectivity index (χ3v) is 5.49. The SMILES string of the molecule is CC(N=Cc1ccc2onc(Nc3cccc(-c4ccccc4)c3Br)c2c1)C(=O)O. The number of carbonyl (C=O) groups is 1. The topological polar surface area (TPSA) is 87.7 Å². The lowest BCUT2D eigenvalue weighted by Gasteiger charge is -2.11. The van der Waals surface area contributed by atoms with Gasteiger partial charge in [-0.15, -0.1) is 0 Å². The molecular weight excluding hydrogens is 446 g/mol. The predicted octanol–water partition coefficient (Wildman–Crippen LogP) is 5.89. The number of carboxylic acids is 1. The number of benzene rings is 3. The van der Waals surface area contributed by atoms with Crippen LogP contribution in [-0.4, -0.2) is 28.5 Å². The number of aliphatic imine (C=N–C) groups is 1. The molecule has 0 fully saturated rings. The Hall–Kier alpha value is -3.45. The van der Waals surface area contributed by atoms with Gasteiger partial charge < -0.3 is 14.9 Å². The standard InChI is InChI=1S/C23H18BrN3O3/c1-14(23(28)29)25-13-15-10-11-20-18(12-15)22(27-30-20)26-19-9-5-8-17(21(19)24)16-6-3-2-4-7-16/h2-14H,1H3,(H,26,27)(H,28,29). The number of nitrogens with zero attached hydrogens (tertiary/aromatic N) is 2. The summed E-state index contributed by atoms with van der Waals surface area (Å²) >= 11 is 3.70. The summed E-state index contributed by atoms with van der Waals surface area (Å²) in [4.78, 5) is 15.0. The van der Waals surface area contributed by atoms with Crippen molar-refractivity contribution >= 4 is 50.6 Å². The zero-order valence-corrected chi connectivity index (χ0v) is 17.6. The Kier molecular flexibility index (Phi) is 5.63. The number of aromatic nitrogens is 1. The largest absolute Gasteiger partial charge is 0.480 e. The van der Waals surface area contributed by atoms with Crippen LogP contribution in [0, 0.1) is 0 Å². The second-order valence-electron chi connectivity index (χ2n) is 6.74. The van der Waals surface area contributed by atoms with Crippen molar-refractivity contribution in [3.05, 3.63) is 76.8 Å². The number of halogens is 1. The van der Waals surface area contributed by atoms with Crippen LogP contribution in [0.2, 0.25) is 0 Å². The number of hydrogen-bond donors (Lipinski definition) is 2. The fourth-order valence-corrected chi connectivity index (χ4v) is 3.58. The average Bonchev–Trinajstić information content (AvgIpc) is 3.16. The van der Waals surface area contributed by atoms with Crippen molar-refractivity contribution in [2.45, 2.75) is 13.0 Å². The van der Waals surface area contributed by atoms with E-state index in [0.717, 1.165) is 32.2 Å². The lowest BCUT2D eigenvalue weighted by Crippen LogP contribution is -2.13. The highest BCUT2D eigenvalue weighted by molar-refractivity contribution is 9.10. The van der Waals surface area contributed by atoms with Crippen molar-refractivity contribution in [2.24, 2.45) is 4.99 Å². The van der Waals surface area contributed by atoms with Crippen LogP contribution in [0.5, 0.6) is 0 Å². The average molecular weight is 464 g/mol. The summed E-state index contributed by atoms with van der Waals surface area (Å²) in [5.41, 5.74) is 4.40. The van der Waals surface area contributed by atoms with Gasteiger partial charge in [-0.3, -0.25) is 4.99 Å². The number of hydrogen-bond acceptors (Lipinski definition) is 5. The first-order chi connectivity index (χ1) is 14.5. The summed E-state index contributed by atoms with van der Waals surface area (Å²) < 4.78 is 6.35. The summed E-state index contributed by atoms with van der Waals surface area (Å²) in [6.07, 6.45) is 1.54. The van der Waals surface area contributed by atoms with E-state index in [1.807, 2.05) is 42.5 Å². The Morgan fingerprint density at radius 2 is 1.97 bits per heavy atom. The van der Waals surface area contributed by atoms with Gasteiger partial charge in [-0.05, 0) is 63.8 Å². The van der Waals surface area contributed by atoms with Crippen molar-refractivity contribution in [3.63, 3.8) is 0 Å². The Balaban J connectivity index is 1.66. The van der Waals surface area contributed by atoms with Gasteiger partial charge in [0, 0.05) is 10.7 Å². The van der Waals surface area contributed by atoms with Crippen LogP contribution in [0.1, 0.15) is 12.5 Å². The van der Waals surface area contributed by atoms with Crippen LogP contribution in [0.3, 0.4) is 0 Å². The molecule has 4 rings (SSSR count). The highest BCUT2D eigenvalue weighted by atomic mass is 79.9. The third-order valence-electron chi connectivity index (χ3n) is 4.64. The molecule has 4 aromatic rings. The fraction of sp³-hybridized carbons (Fsp3) is 0.0870. The highest BCUT2D eigenvalue weighted by Gasteiger charge is 2.13. The van der Waals surface area contributed by atoms with Crippen LogP contribution < -0.4 is 5.32 Å². The van der Waals surface area contributed by atoms with Gasteiger partial charge in [0.2, 0.25) is 0 Å². The van der Waals surface area contributed by atoms with E-state index in [9.17, 15) is 4.79 Å². The van der Waals surface area contributed by atoms with Crippen LogP contribution in [0.25, 0.3) is 22.1 Å². The summed E-state index contributed by atoms with van der Waals surface area (Å²) in [5, 5.41) is 17.2. The minimum Gasteiger partial charge on any atom is -0.480 e. The zero-order chi connectivity index (χ0) is 21.1. The smallest absolute Gasteiger partial charge is 0.328 e. The molecule has 150 valence electrons. The molecule has 0 saturated carbocycles. The Labute approximate surface area is 181 Å². The molecule has 3 aromatic carbocycles. The predicted molar refractivity (Wildman–Crippen MR) is 122 cm³/mol. The Bertz CT molecular complexity index is 1240. The van der Waals surface area contributed by atoms with Crippen LogP contribution in [0.15, 0.2) is 80.7 Å². The van der Waals surface area contributed by atoms with Crippen molar-refractivity contribution < 1.29 is 14.4 Å². The molecule has 1 atom stereocenters. The van der Waals surface area contributed by atoms with Crippen LogP contribution >= 0.6 is 15.9 Å². The maximum Gasteiger partial charge on any atom is 0.328 e. The van der Waals surface area contributed by atoms with E-state index in [4.69, 9.17) is 9.63 Å². The quantitative estimate of drug-likeness (QED) is 0.348. The van der Waals surface area contributed by atoms with E-state index in [2.05, 4.69) is 43.5 Å². The maximum atomic E-state index is 11.0. The lowest BCUT2D eigenvalue weighted by molar-refractivity contribution is -0.137. The lowest BCUT2D eigenvalue weighted by atomic mass is 10.1. The molecular formula is C23H18BrN3O3. The Morgan fingerprint density at radius 1 is 1.17 bits per heavy atom. The minimum absolute atomic E-state index is 0.567. The molecule has 0 bridgehead atoms. The molecule has 0 saturated heterocycles. The van der Waals surface area contributed by atoms with Gasteiger partial charge in [0.1, 0.15) is 6.04 Å². The van der Waals surface area contributed by atoms with E-state index in [1.165, 1.54) is 6.92 Å². The van der Waals surface area contributed by atoms with E-state index in [-0.39, 0.29) is 0 Å². The molecule has 1 aromatic heterocycles. The minimum atomic E-state index is -0.970. The number of anilines is 2. The van der Waals surface area contributed by atoms with E-state index >= 15 is 0 Å². The molecule has 0 aliphatic carbocycles.